The lowest BCUT2D eigenvalue weighted by Crippen LogP contribution is -2.19. The molecule has 0 saturated carbocycles. The van der Waals surface area contributed by atoms with Crippen LogP contribution in [0.2, 0.25) is 0 Å². The lowest BCUT2D eigenvalue weighted by atomic mass is 10.0. The van der Waals surface area contributed by atoms with E-state index in [1.165, 1.54) is 36.0 Å². The van der Waals surface area contributed by atoms with Crippen molar-refractivity contribution in [3.63, 3.8) is 0 Å². The number of rotatable bonds is 4. The molecule has 19 heavy (non-hydrogen) atoms. The summed E-state index contributed by atoms with van der Waals surface area (Å²) < 4.78 is 0. The van der Waals surface area contributed by atoms with Gasteiger partial charge >= 0.3 is 0 Å². The van der Waals surface area contributed by atoms with Gasteiger partial charge in [0.05, 0.1) is 5.69 Å². The molecule has 2 aromatic rings. The van der Waals surface area contributed by atoms with E-state index >= 15 is 0 Å². The number of aryl methyl sites for hydroxylation is 1. The van der Waals surface area contributed by atoms with Crippen LogP contribution in [-0.2, 0) is 6.42 Å². The number of fused-ring (bicyclic) bond motifs is 1. The Bertz CT molecular complexity index is 548. The summed E-state index contributed by atoms with van der Waals surface area (Å²) in [7, 11) is 0. The molecule has 1 heterocycles. The molecule has 1 aromatic carbocycles. The van der Waals surface area contributed by atoms with Crippen molar-refractivity contribution in [3.05, 3.63) is 53.7 Å². The number of nitrogens with zero attached hydrogens (tertiary/aromatic N) is 1. The van der Waals surface area contributed by atoms with Gasteiger partial charge in [0.1, 0.15) is 0 Å². The molecule has 2 nitrogen and oxygen atoms in total. The second-order valence-electron chi connectivity index (χ2n) is 5.17. The highest BCUT2D eigenvalue weighted by Gasteiger charge is 2.21. The van der Waals surface area contributed by atoms with Crippen LogP contribution < -0.4 is 5.32 Å². The van der Waals surface area contributed by atoms with Crippen molar-refractivity contribution >= 4 is 0 Å². The summed E-state index contributed by atoms with van der Waals surface area (Å²) in [6.07, 6.45) is 5.45. The molecule has 0 bridgehead atoms. The molecular formula is C17H20N2. The highest BCUT2D eigenvalue weighted by Crippen LogP contribution is 2.33. The number of benzene rings is 1. The maximum Gasteiger partial charge on any atom is 0.0702 e. The molecule has 1 unspecified atom stereocenters. The van der Waals surface area contributed by atoms with Crippen LogP contribution in [0, 0.1) is 0 Å². The van der Waals surface area contributed by atoms with Crippen molar-refractivity contribution in [3.8, 4) is 11.3 Å². The normalized spacial score (nSPS) is 17.4. The third-order valence-electron chi connectivity index (χ3n) is 3.82. The summed E-state index contributed by atoms with van der Waals surface area (Å²) in [5.41, 5.74) is 5.26. The second-order valence-corrected chi connectivity index (χ2v) is 5.17. The average Bonchev–Trinajstić information content (AvgIpc) is 2.88. The molecule has 0 aliphatic heterocycles. The summed E-state index contributed by atoms with van der Waals surface area (Å²) in [4.78, 5) is 4.43. The third-order valence-corrected chi connectivity index (χ3v) is 3.82. The fraction of sp³-hybridized carbons (Fsp3) is 0.353. The van der Waals surface area contributed by atoms with E-state index < -0.39 is 0 Å². The maximum absolute atomic E-state index is 4.43. The molecular weight excluding hydrogens is 232 g/mol. The molecule has 0 saturated heterocycles. The largest absolute Gasteiger partial charge is 0.310 e. The van der Waals surface area contributed by atoms with Crippen LogP contribution in [0.25, 0.3) is 11.3 Å². The molecule has 98 valence electrons. The number of hydrogen-bond acceptors (Lipinski definition) is 2. The van der Waals surface area contributed by atoms with Gasteiger partial charge in [-0.3, -0.25) is 4.98 Å². The van der Waals surface area contributed by atoms with E-state index in [4.69, 9.17) is 0 Å². The third kappa shape index (κ3) is 2.54. The van der Waals surface area contributed by atoms with E-state index in [1.54, 1.807) is 0 Å². The summed E-state index contributed by atoms with van der Waals surface area (Å²) >= 11 is 0. The first-order valence-corrected chi connectivity index (χ1v) is 7.16. The van der Waals surface area contributed by atoms with Gasteiger partial charge in [-0.2, -0.15) is 0 Å². The van der Waals surface area contributed by atoms with Gasteiger partial charge < -0.3 is 5.32 Å². The summed E-state index contributed by atoms with van der Waals surface area (Å²) in [5, 5.41) is 3.63. The Kier molecular flexibility index (Phi) is 3.60. The van der Waals surface area contributed by atoms with Crippen molar-refractivity contribution in [1.29, 1.82) is 0 Å². The van der Waals surface area contributed by atoms with Crippen molar-refractivity contribution < 1.29 is 0 Å². The van der Waals surface area contributed by atoms with Gasteiger partial charge in [-0.15, -0.1) is 0 Å². The molecule has 1 N–H and O–H groups in total. The van der Waals surface area contributed by atoms with Gasteiger partial charge in [0.15, 0.2) is 0 Å². The van der Waals surface area contributed by atoms with Crippen LogP contribution in [-0.4, -0.2) is 11.5 Å². The van der Waals surface area contributed by atoms with Crippen molar-refractivity contribution in [2.24, 2.45) is 0 Å². The van der Waals surface area contributed by atoms with E-state index in [0.29, 0.717) is 6.04 Å². The van der Waals surface area contributed by atoms with Gasteiger partial charge in [0.25, 0.3) is 0 Å². The summed E-state index contributed by atoms with van der Waals surface area (Å²) in [6, 6.07) is 13.4. The van der Waals surface area contributed by atoms with Crippen molar-refractivity contribution in [1.82, 2.24) is 10.3 Å². The molecule has 0 fully saturated rings. The SMILES string of the molecule is CCCNC1CCc2cc(-c3ccccn3)ccc21. The van der Waals surface area contributed by atoms with Crippen LogP contribution in [0.4, 0.5) is 0 Å². The van der Waals surface area contributed by atoms with Gasteiger partial charge in [-0.1, -0.05) is 25.1 Å². The van der Waals surface area contributed by atoms with Crippen LogP contribution in [0.5, 0.6) is 0 Å². The zero-order valence-electron chi connectivity index (χ0n) is 11.4. The lowest BCUT2D eigenvalue weighted by molar-refractivity contribution is 0.529. The van der Waals surface area contributed by atoms with Crippen LogP contribution in [0.3, 0.4) is 0 Å². The predicted molar refractivity (Wildman–Crippen MR) is 79.0 cm³/mol. The Morgan fingerprint density at radius 1 is 1.26 bits per heavy atom. The van der Waals surface area contributed by atoms with Crippen LogP contribution in [0.1, 0.15) is 36.9 Å². The van der Waals surface area contributed by atoms with Crippen LogP contribution in [0.15, 0.2) is 42.6 Å². The van der Waals surface area contributed by atoms with E-state index in [1.807, 2.05) is 18.3 Å². The minimum atomic E-state index is 0.549. The van der Waals surface area contributed by atoms with E-state index in [0.717, 1.165) is 12.2 Å². The standard InChI is InChI=1S/C17H20N2/c1-2-10-18-17-9-7-13-12-14(6-8-15(13)17)16-5-3-4-11-19-16/h3-6,8,11-12,17-18H,2,7,9-10H2,1H3. The van der Waals surface area contributed by atoms with Crippen molar-refractivity contribution in [2.75, 3.05) is 6.54 Å². The zero-order chi connectivity index (χ0) is 13.1. The molecule has 2 heteroatoms. The Labute approximate surface area is 114 Å². The monoisotopic (exact) mass is 252 g/mol. The Hall–Kier alpha value is -1.67. The van der Waals surface area contributed by atoms with E-state index in [-0.39, 0.29) is 0 Å². The number of hydrogen-bond donors (Lipinski definition) is 1. The zero-order valence-corrected chi connectivity index (χ0v) is 11.4. The Morgan fingerprint density at radius 2 is 2.21 bits per heavy atom. The topological polar surface area (TPSA) is 24.9 Å². The van der Waals surface area contributed by atoms with Gasteiger partial charge in [-0.25, -0.2) is 0 Å². The highest BCUT2D eigenvalue weighted by molar-refractivity contribution is 5.61. The smallest absolute Gasteiger partial charge is 0.0702 e. The number of pyridine rings is 1. The highest BCUT2D eigenvalue weighted by atomic mass is 14.9. The minimum absolute atomic E-state index is 0.549. The molecule has 1 aliphatic carbocycles. The average molecular weight is 252 g/mol. The predicted octanol–water partition coefficient (Wildman–Crippen LogP) is 3.74. The summed E-state index contributed by atoms with van der Waals surface area (Å²) in [6.45, 7) is 3.32. The van der Waals surface area contributed by atoms with Gasteiger partial charge in [0, 0.05) is 17.8 Å². The summed E-state index contributed by atoms with van der Waals surface area (Å²) in [5.74, 6) is 0. The number of aromatic nitrogens is 1. The first-order chi connectivity index (χ1) is 9.38. The minimum Gasteiger partial charge on any atom is -0.310 e. The van der Waals surface area contributed by atoms with Gasteiger partial charge in [-0.05, 0) is 55.1 Å². The molecule has 1 aromatic heterocycles. The molecule has 1 aliphatic rings. The molecule has 0 radical (unpaired) electrons. The fourth-order valence-corrected chi connectivity index (χ4v) is 2.84. The maximum atomic E-state index is 4.43. The number of nitrogens with one attached hydrogen (secondary N) is 1. The lowest BCUT2D eigenvalue weighted by Gasteiger charge is -2.13. The molecule has 1 atom stereocenters. The van der Waals surface area contributed by atoms with Crippen LogP contribution >= 0.6 is 0 Å². The second kappa shape index (κ2) is 5.54. The first-order valence-electron chi connectivity index (χ1n) is 7.16. The van der Waals surface area contributed by atoms with E-state index in [9.17, 15) is 0 Å². The van der Waals surface area contributed by atoms with E-state index in [2.05, 4.69) is 41.5 Å². The first kappa shape index (κ1) is 12.4. The quantitative estimate of drug-likeness (QED) is 0.896. The fourth-order valence-electron chi connectivity index (χ4n) is 2.84. The van der Waals surface area contributed by atoms with Gasteiger partial charge in [0.2, 0.25) is 0 Å². The van der Waals surface area contributed by atoms with Crippen molar-refractivity contribution in [2.45, 2.75) is 32.2 Å². The Balaban J connectivity index is 1.86. The molecule has 0 spiro atoms. The molecule has 3 rings (SSSR count). The Morgan fingerprint density at radius 3 is 3.00 bits per heavy atom. The molecule has 0 amide bonds.